The SMILES string of the molecule is CCOC(=O)c1ccc(/C(C)=N/OC(C)(c2cc(Cl)cc(Cl)c2)C(F)(F)F)cc1C. The highest BCUT2D eigenvalue weighted by molar-refractivity contribution is 6.34. The molecular formula is C21H20Cl2F3NO3. The number of nitrogens with zero attached hydrogens (tertiary/aromatic N) is 1. The minimum Gasteiger partial charge on any atom is -0.462 e. The molecule has 2 aromatic carbocycles. The van der Waals surface area contributed by atoms with E-state index >= 15 is 0 Å². The minimum atomic E-state index is -4.80. The second-order valence-corrected chi connectivity index (χ2v) is 7.58. The van der Waals surface area contributed by atoms with E-state index in [0.29, 0.717) is 16.7 Å². The summed E-state index contributed by atoms with van der Waals surface area (Å²) in [5.74, 6) is -0.477. The first-order valence-corrected chi connectivity index (χ1v) is 9.69. The van der Waals surface area contributed by atoms with Crippen LogP contribution in [0.15, 0.2) is 41.6 Å². The Hall–Kier alpha value is -2.25. The van der Waals surface area contributed by atoms with E-state index in [4.69, 9.17) is 32.8 Å². The predicted molar refractivity (Wildman–Crippen MR) is 110 cm³/mol. The van der Waals surface area contributed by atoms with Crippen molar-refractivity contribution in [1.82, 2.24) is 0 Å². The van der Waals surface area contributed by atoms with Crippen molar-refractivity contribution in [2.75, 3.05) is 6.61 Å². The molecule has 2 aromatic rings. The van der Waals surface area contributed by atoms with Crippen molar-refractivity contribution in [1.29, 1.82) is 0 Å². The van der Waals surface area contributed by atoms with E-state index in [1.165, 1.54) is 19.1 Å². The van der Waals surface area contributed by atoms with Crippen LogP contribution in [0.2, 0.25) is 10.0 Å². The first kappa shape index (κ1) is 24.0. The lowest BCUT2D eigenvalue weighted by Crippen LogP contribution is -2.41. The second kappa shape index (κ2) is 9.27. The van der Waals surface area contributed by atoms with E-state index in [2.05, 4.69) is 5.16 Å². The first-order valence-electron chi connectivity index (χ1n) is 8.93. The van der Waals surface area contributed by atoms with Gasteiger partial charge in [0.15, 0.2) is 0 Å². The number of hydrogen-bond donors (Lipinski definition) is 0. The Balaban J connectivity index is 2.38. The molecule has 4 nitrogen and oxygen atoms in total. The number of alkyl halides is 3. The van der Waals surface area contributed by atoms with Gasteiger partial charge in [-0.05, 0) is 69.2 Å². The Morgan fingerprint density at radius 2 is 1.70 bits per heavy atom. The number of carbonyl (C=O) groups is 1. The van der Waals surface area contributed by atoms with E-state index in [9.17, 15) is 18.0 Å². The summed E-state index contributed by atoms with van der Waals surface area (Å²) in [7, 11) is 0. The smallest absolute Gasteiger partial charge is 0.435 e. The molecule has 0 fully saturated rings. The van der Waals surface area contributed by atoms with Crippen LogP contribution >= 0.6 is 23.2 Å². The molecule has 0 aliphatic heterocycles. The number of hydrogen-bond acceptors (Lipinski definition) is 4. The quantitative estimate of drug-likeness (QED) is 0.273. The van der Waals surface area contributed by atoms with Gasteiger partial charge in [-0.25, -0.2) is 4.79 Å². The van der Waals surface area contributed by atoms with Crippen LogP contribution < -0.4 is 0 Å². The van der Waals surface area contributed by atoms with Gasteiger partial charge in [-0.2, -0.15) is 13.2 Å². The Morgan fingerprint density at radius 1 is 1.10 bits per heavy atom. The molecule has 0 saturated heterocycles. The van der Waals surface area contributed by atoms with Gasteiger partial charge in [-0.3, -0.25) is 0 Å². The van der Waals surface area contributed by atoms with Gasteiger partial charge in [0.1, 0.15) is 0 Å². The molecule has 0 radical (unpaired) electrons. The molecule has 0 spiro atoms. The molecule has 0 aliphatic carbocycles. The number of rotatable bonds is 6. The van der Waals surface area contributed by atoms with Gasteiger partial charge in [-0.15, -0.1) is 0 Å². The van der Waals surface area contributed by atoms with Crippen LogP contribution in [0.3, 0.4) is 0 Å². The molecular weight excluding hydrogens is 442 g/mol. The third-order valence-electron chi connectivity index (χ3n) is 4.46. The Bertz CT molecular complexity index is 956. The van der Waals surface area contributed by atoms with Crippen LogP contribution in [0.4, 0.5) is 13.2 Å². The van der Waals surface area contributed by atoms with Crippen LogP contribution in [0, 0.1) is 6.92 Å². The maximum Gasteiger partial charge on any atom is 0.435 e. The van der Waals surface area contributed by atoms with Gasteiger partial charge in [0.05, 0.1) is 17.9 Å². The minimum absolute atomic E-state index is 0.0439. The predicted octanol–water partition coefficient (Wildman–Crippen LogP) is 6.70. The average molecular weight is 462 g/mol. The van der Waals surface area contributed by atoms with Crippen molar-refractivity contribution in [2.24, 2.45) is 5.16 Å². The number of halogens is 5. The van der Waals surface area contributed by atoms with Crippen LogP contribution in [0.1, 0.15) is 47.8 Å². The zero-order valence-corrected chi connectivity index (χ0v) is 18.2. The summed E-state index contributed by atoms with van der Waals surface area (Å²) in [6, 6.07) is 8.29. The fourth-order valence-electron chi connectivity index (χ4n) is 2.64. The number of esters is 1. The van der Waals surface area contributed by atoms with E-state index < -0.39 is 17.7 Å². The van der Waals surface area contributed by atoms with Crippen molar-refractivity contribution < 1.29 is 27.5 Å². The Labute approximate surface area is 182 Å². The van der Waals surface area contributed by atoms with E-state index in [0.717, 1.165) is 19.1 Å². The maximum atomic E-state index is 13.9. The Morgan fingerprint density at radius 3 is 2.20 bits per heavy atom. The molecule has 0 saturated carbocycles. The Kier molecular flexibility index (Phi) is 7.42. The summed E-state index contributed by atoms with van der Waals surface area (Å²) < 4.78 is 46.5. The molecule has 0 heterocycles. The van der Waals surface area contributed by atoms with E-state index in [1.54, 1.807) is 26.0 Å². The molecule has 30 heavy (non-hydrogen) atoms. The topological polar surface area (TPSA) is 47.9 Å². The molecule has 0 N–H and O–H groups in total. The van der Waals surface area contributed by atoms with Crippen LogP contribution in [0.5, 0.6) is 0 Å². The van der Waals surface area contributed by atoms with Crippen LogP contribution in [-0.2, 0) is 15.2 Å². The third kappa shape index (κ3) is 5.26. The highest BCUT2D eigenvalue weighted by atomic mass is 35.5. The molecule has 162 valence electrons. The molecule has 1 atom stereocenters. The van der Waals surface area contributed by atoms with Gasteiger partial charge in [-0.1, -0.05) is 34.4 Å². The van der Waals surface area contributed by atoms with Gasteiger partial charge in [0.2, 0.25) is 0 Å². The van der Waals surface area contributed by atoms with Crippen LogP contribution in [0.25, 0.3) is 0 Å². The number of ether oxygens (including phenoxy) is 1. The average Bonchev–Trinajstić information content (AvgIpc) is 2.64. The first-order chi connectivity index (χ1) is 13.9. The lowest BCUT2D eigenvalue weighted by Gasteiger charge is -2.30. The molecule has 0 bridgehead atoms. The molecule has 0 aromatic heterocycles. The van der Waals surface area contributed by atoms with Crippen molar-refractivity contribution in [3.63, 3.8) is 0 Å². The molecule has 9 heteroatoms. The van der Waals surface area contributed by atoms with Gasteiger partial charge < -0.3 is 9.57 Å². The lowest BCUT2D eigenvalue weighted by atomic mass is 9.95. The largest absolute Gasteiger partial charge is 0.462 e. The van der Waals surface area contributed by atoms with Crippen molar-refractivity contribution in [3.8, 4) is 0 Å². The summed E-state index contributed by atoms with van der Waals surface area (Å²) >= 11 is 11.7. The normalized spacial score (nSPS) is 14.2. The fraction of sp³-hybridized carbons (Fsp3) is 0.333. The van der Waals surface area contributed by atoms with Gasteiger partial charge in [0.25, 0.3) is 5.60 Å². The number of oxime groups is 1. The summed E-state index contributed by atoms with van der Waals surface area (Å²) in [4.78, 5) is 16.9. The van der Waals surface area contributed by atoms with E-state index in [1.807, 2.05) is 0 Å². The fourth-order valence-corrected chi connectivity index (χ4v) is 3.16. The summed E-state index contributed by atoms with van der Waals surface area (Å²) in [5.41, 5.74) is -1.41. The number of benzene rings is 2. The standard InChI is InChI=1S/C21H20Cl2F3NO3/c1-5-29-19(28)18-7-6-14(8-12(18)2)13(3)27-30-20(4,21(24,25)26)15-9-16(22)11-17(23)10-15/h6-11H,5H2,1-4H3/b27-13+. The second-order valence-electron chi connectivity index (χ2n) is 6.71. The van der Waals surface area contributed by atoms with Gasteiger partial charge in [0, 0.05) is 15.6 Å². The summed E-state index contributed by atoms with van der Waals surface area (Å²) in [6.07, 6.45) is -4.80. The zero-order chi connectivity index (χ0) is 22.7. The monoisotopic (exact) mass is 461 g/mol. The third-order valence-corrected chi connectivity index (χ3v) is 4.90. The highest BCUT2D eigenvalue weighted by Crippen LogP contribution is 2.43. The number of carbonyl (C=O) groups excluding carboxylic acids is 1. The molecule has 2 rings (SSSR count). The molecule has 0 aliphatic rings. The molecule has 0 amide bonds. The lowest BCUT2D eigenvalue weighted by molar-refractivity contribution is -0.278. The van der Waals surface area contributed by atoms with Crippen molar-refractivity contribution >= 4 is 34.9 Å². The summed E-state index contributed by atoms with van der Waals surface area (Å²) in [6.45, 7) is 5.97. The van der Waals surface area contributed by atoms with Crippen molar-refractivity contribution in [3.05, 3.63) is 68.7 Å². The van der Waals surface area contributed by atoms with E-state index in [-0.39, 0.29) is 27.9 Å². The maximum absolute atomic E-state index is 13.9. The summed E-state index contributed by atoms with van der Waals surface area (Å²) in [5, 5.41) is 3.80. The highest BCUT2D eigenvalue weighted by Gasteiger charge is 2.56. The van der Waals surface area contributed by atoms with Crippen molar-refractivity contribution in [2.45, 2.75) is 39.5 Å². The van der Waals surface area contributed by atoms with Crippen LogP contribution in [-0.4, -0.2) is 24.5 Å². The van der Waals surface area contributed by atoms with Gasteiger partial charge >= 0.3 is 12.1 Å². The number of aryl methyl sites for hydroxylation is 1. The molecule has 1 unspecified atom stereocenters. The zero-order valence-electron chi connectivity index (χ0n) is 16.7.